The molecule has 2 heterocycles. The van der Waals surface area contributed by atoms with E-state index in [1.165, 1.54) is 12.1 Å². The van der Waals surface area contributed by atoms with Crippen LogP contribution in [0.2, 0.25) is 0 Å². The van der Waals surface area contributed by atoms with Crippen LogP contribution in [-0.4, -0.2) is 25.1 Å². The van der Waals surface area contributed by atoms with Gasteiger partial charge >= 0.3 is 5.97 Å². The van der Waals surface area contributed by atoms with E-state index in [-0.39, 0.29) is 24.7 Å². The second-order valence-electron chi connectivity index (χ2n) is 6.47. The highest BCUT2D eigenvalue weighted by Crippen LogP contribution is 2.40. The van der Waals surface area contributed by atoms with Crippen molar-refractivity contribution in [2.75, 3.05) is 13.2 Å². The van der Waals surface area contributed by atoms with Crippen molar-refractivity contribution in [2.45, 2.75) is 19.1 Å². The Hall–Kier alpha value is -3.09. The Bertz CT molecular complexity index is 867. The molecule has 1 amide bonds. The Kier molecular flexibility index (Phi) is 4.66. The standard InChI is InChI=1S/C20H18FNO5/c21-14-4-1-12(2-5-14)11-22-20(24)15-10-18(23)27-19(15)13-3-6-16-17(9-13)26-8-7-25-16/h1-6,9,15,19H,7-8,10-11H2,(H,22,24). The molecule has 1 saturated heterocycles. The molecule has 1 N–H and O–H groups in total. The monoisotopic (exact) mass is 371 g/mol. The van der Waals surface area contributed by atoms with Crippen LogP contribution in [0.1, 0.15) is 23.7 Å². The van der Waals surface area contributed by atoms with Gasteiger partial charge in [0.1, 0.15) is 25.1 Å². The Morgan fingerprint density at radius 1 is 1.07 bits per heavy atom. The van der Waals surface area contributed by atoms with Gasteiger partial charge in [-0.3, -0.25) is 9.59 Å². The molecule has 0 spiro atoms. The summed E-state index contributed by atoms with van der Waals surface area (Å²) in [5.41, 5.74) is 1.46. The van der Waals surface area contributed by atoms with Crippen LogP contribution in [-0.2, 0) is 20.9 Å². The number of benzene rings is 2. The third kappa shape index (κ3) is 3.72. The van der Waals surface area contributed by atoms with Crippen molar-refractivity contribution in [2.24, 2.45) is 5.92 Å². The summed E-state index contributed by atoms with van der Waals surface area (Å²) in [4.78, 5) is 24.5. The molecule has 27 heavy (non-hydrogen) atoms. The van der Waals surface area contributed by atoms with Crippen molar-refractivity contribution in [1.29, 1.82) is 0 Å². The zero-order chi connectivity index (χ0) is 18.8. The number of hydrogen-bond donors (Lipinski definition) is 1. The number of halogens is 1. The van der Waals surface area contributed by atoms with E-state index in [1.54, 1.807) is 30.3 Å². The molecular formula is C20H18FNO5. The minimum atomic E-state index is -0.679. The molecule has 2 aliphatic rings. The summed E-state index contributed by atoms with van der Waals surface area (Å²) in [5, 5.41) is 2.79. The van der Waals surface area contributed by atoms with E-state index >= 15 is 0 Å². The number of cyclic esters (lactones) is 1. The van der Waals surface area contributed by atoms with Crippen LogP contribution in [0.5, 0.6) is 11.5 Å². The molecule has 4 rings (SSSR count). The maximum Gasteiger partial charge on any atom is 0.307 e. The maximum atomic E-state index is 13.0. The number of carbonyl (C=O) groups is 2. The molecule has 0 bridgehead atoms. The first-order chi connectivity index (χ1) is 13.1. The molecule has 140 valence electrons. The molecule has 0 aromatic heterocycles. The van der Waals surface area contributed by atoms with Crippen molar-refractivity contribution in [3.8, 4) is 11.5 Å². The first-order valence-electron chi connectivity index (χ1n) is 8.71. The fourth-order valence-corrected chi connectivity index (χ4v) is 3.25. The van der Waals surface area contributed by atoms with Crippen LogP contribution < -0.4 is 14.8 Å². The van der Waals surface area contributed by atoms with Crippen molar-refractivity contribution in [1.82, 2.24) is 5.32 Å². The van der Waals surface area contributed by atoms with Gasteiger partial charge in [0.05, 0.1) is 12.3 Å². The van der Waals surface area contributed by atoms with E-state index in [1.807, 2.05) is 0 Å². The second-order valence-corrected chi connectivity index (χ2v) is 6.47. The molecule has 2 aliphatic heterocycles. The lowest BCUT2D eigenvalue weighted by molar-refractivity contribution is -0.141. The average Bonchev–Trinajstić information content (AvgIpc) is 3.09. The van der Waals surface area contributed by atoms with Crippen molar-refractivity contribution < 1.29 is 28.2 Å². The van der Waals surface area contributed by atoms with Crippen molar-refractivity contribution in [3.05, 3.63) is 59.4 Å². The second kappa shape index (κ2) is 7.26. The minimum Gasteiger partial charge on any atom is -0.486 e. The molecule has 7 heteroatoms. The Morgan fingerprint density at radius 2 is 1.81 bits per heavy atom. The molecule has 2 aromatic carbocycles. The lowest BCUT2D eigenvalue weighted by atomic mass is 9.94. The number of rotatable bonds is 4. The summed E-state index contributed by atoms with van der Waals surface area (Å²) >= 11 is 0. The maximum absolute atomic E-state index is 13.0. The summed E-state index contributed by atoms with van der Waals surface area (Å²) in [6.45, 7) is 1.18. The molecule has 2 aromatic rings. The molecule has 0 radical (unpaired) electrons. The van der Waals surface area contributed by atoms with Gasteiger partial charge in [0.25, 0.3) is 0 Å². The van der Waals surface area contributed by atoms with Crippen LogP contribution >= 0.6 is 0 Å². The van der Waals surface area contributed by atoms with Crippen LogP contribution in [0.25, 0.3) is 0 Å². The highest BCUT2D eigenvalue weighted by atomic mass is 19.1. The molecule has 1 fully saturated rings. The molecule has 0 saturated carbocycles. The lowest BCUT2D eigenvalue weighted by Gasteiger charge is -2.22. The molecule has 2 atom stereocenters. The zero-order valence-corrected chi connectivity index (χ0v) is 14.4. The smallest absolute Gasteiger partial charge is 0.307 e. The SMILES string of the molecule is O=C1CC(C(=O)NCc2ccc(F)cc2)C(c2ccc3c(c2)OCCO3)O1. The Morgan fingerprint density at radius 3 is 2.59 bits per heavy atom. The third-order valence-electron chi connectivity index (χ3n) is 4.62. The van der Waals surface area contributed by atoms with E-state index in [0.717, 1.165) is 5.56 Å². The van der Waals surface area contributed by atoms with Crippen LogP contribution in [0, 0.1) is 11.7 Å². The van der Waals surface area contributed by atoms with E-state index < -0.39 is 18.0 Å². The van der Waals surface area contributed by atoms with Gasteiger partial charge in [-0.25, -0.2) is 4.39 Å². The van der Waals surface area contributed by atoms with Crippen molar-refractivity contribution in [3.63, 3.8) is 0 Å². The van der Waals surface area contributed by atoms with Gasteiger partial charge in [-0.15, -0.1) is 0 Å². The topological polar surface area (TPSA) is 73.9 Å². The van der Waals surface area contributed by atoms with Gasteiger partial charge < -0.3 is 19.5 Å². The quantitative estimate of drug-likeness (QED) is 0.836. The summed E-state index contributed by atoms with van der Waals surface area (Å²) < 4.78 is 29.4. The molecular weight excluding hydrogens is 353 g/mol. The van der Waals surface area contributed by atoms with Gasteiger partial charge in [0.15, 0.2) is 11.5 Å². The minimum absolute atomic E-state index is 0.00829. The fourth-order valence-electron chi connectivity index (χ4n) is 3.25. The van der Waals surface area contributed by atoms with Gasteiger partial charge in [-0.2, -0.15) is 0 Å². The number of ether oxygens (including phenoxy) is 3. The number of esters is 1. The normalized spacial score (nSPS) is 20.9. The third-order valence-corrected chi connectivity index (χ3v) is 4.62. The van der Waals surface area contributed by atoms with Crippen LogP contribution in [0.15, 0.2) is 42.5 Å². The molecule has 0 aliphatic carbocycles. The Balaban J connectivity index is 1.48. The predicted octanol–water partition coefficient (Wildman–Crippen LogP) is 2.52. The number of hydrogen-bond acceptors (Lipinski definition) is 5. The first-order valence-corrected chi connectivity index (χ1v) is 8.71. The van der Waals surface area contributed by atoms with Gasteiger partial charge in [0, 0.05) is 6.54 Å². The van der Waals surface area contributed by atoms with Gasteiger partial charge in [-0.05, 0) is 35.4 Å². The molecule has 6 nitrogen and oxygen atoms in total. The van der Waals surface area contributed by atoms with Gasteiger partial charge in [-0.1, -0.05) is 18.2 Å². The summed E-state index contributed by atoms with van der Waals surface area (Å²) in [7, 11) is 0. The first kappa shape index (κ1) is 17.3. The van der Waals surface area contributed by atoms with Crippen molar-refractivity contribution >= 4 is 11.9 Å². The number of amides is 1. The summed E-state index contributed by atoms with van der Waals surface area (Å²) in [6, 6.07) is 11.1. The van der Waals surface area contributed by atoms with E-state index in [2.05, 4.69) is 5.32 Å². The van der Waals surface area contributed by atoms with E-state index in [9.17, 15) is 14.0 Å². The van der Waals surface area contributed by atoms with E-state index in [4.69, 9.17) is 14.2 Å². The van der Waals surface area contributed by atoms with Crippen LogP contribution in [0.3, 0.4) is 0 Å². The molecule has 2 unspecified atom stereocenters. The van der Waals surface area contributed by atoms with Crippen LogP contribution in [0.4, 0.5) is 4.39 Å². The largest absolute Gasteiger partial charge is 0.486 e. The number of carbonyl (C=O) groups excluding carboxylic acids is 2. The number of fused-ring (bicyclic) bond motifs is 1. The zero-order valence-electron chi connectivity index (χ0n) is 14.4. The fraction of sp³-hybridized carbons (Fsp3) is 0.300. The number of nitrogens with one attached hydrogen (secondary N) is 1. The van der Waals surface area contributed by atoms with Gasteiger partial charge in [0.2, 0.25) is 5.91 Å². The Labute approximate surface area is 155 Å². The summed E-state index contributed by atoms with van der Waals surface area (Å²) in [5.74, 6) is -0.472. The average molecular weight is 371 g/mol. The highest BCUT2D eigenvalue weighted by molar-refractivity contribution is 5.87. The lowest BCUT2D eigenvalue weighted by Crippen LogP contribution is -2.32. The van der Waals surface area contributed by atoms with E-state index in [0.29, 0.717) is 30.3 Å². The summed E-state index contributed by atoms with van der Waals surface area (Å²) in [6.07, 6.45) is -0.671. The highest BCUT2D eigenvalue weighted by Gasteiger charge is 2.41. The predicted molar refractivity (Wildman–Crippen MR) is 92.6 cm³/mol.